The molecule has 1 aromatic carbocycles. The van der Waals surface area contributed by atoms with Crippen LogP contribution in [-0.2, 0) is 11.3 Å². The first-order valence-corrected chi connectivity index (χ1v) is 7.11. The first kappa shape index (κ1) is 12.6. The quantitative estimate of drug-likeness (QED) is 0.723. The molecule has 0 fully saturated rings. The van der Waals surface area contributed by atoms with Crippen molar-refractivity contribution < 1.29 is 4.79 Å². The van der Waals surface area contributed by atoms with E-state index in [9.17, 15) is 4.79 Å². The number of nitrogens with zero attached hydrogens (tertiary/aromatic N) is 1. The number of benzene rings is 1. The van der Waals surface area contributed by atoms with E-state index in [4.69, 9.17) is 0 Å². The highest BCUT2D eigenvalue weighted by Crippen LogP contribution is 2.15. The molecule has 0 spiro atoms. The molecule has 0 bridgehead atoms. The number of fused-ring (bicyclic) bond motifs is 1. The Kier molecular flexibility index (Phi) is 3.60. The number of thiophene rings is 1. The van der Waals surface area contributed by atoms with Crippen molar-refractivity contribution in [1.29, 1.82) is 0 Å². The zero-order valence-corrected chi connectivity index (χ0v) is 11.5. The Morgan fingerprint density at radius 1 is 1.35 bits per heavy atom. The van der Waals surface area contributed by atoms with Crippen LogP contribution >= 0.6 is 11.3 Å². The molecule has 0 aliphatic carbocycles. The number of amides is 1. The molecule has 0 atom stereocenters. The van der Waals surface area contributed by atoms with E-state index in [1.165, 1.54) is 0 Å². The standard InChI is InChI=1S/C15H13N3OS/c19-14(7-6-13-5-2-8-20-13)16-9-11-3-1-4-12-10-17-18-15(11)12/h1-8,10H,9H2,(H,16,19)(H,17,18)/b7-6+. The van der Waals surface area contributed by atoms with Crippen LogP contribution in [0.3, 0.4) is 0 Å². The second-order valence-corrected chi connectivity index (χ2v) is 5.30. The molecule has 0 saturated heterocycles. The van der Waals surface area contributed by atoms with Crippen LogP contribution in [0.5, 0.6) is 0 Å². The smallest absolute Gasteiger partial charge is 0.244 e. The molecule has 0 aliphatic heterocycles. The summed E-state index contributed by atoms with van der Waals surface area (Å²) in [4.78, 5) is 12.8. The van der Waals surface area contributed by atoms with Crippen LogP contribution in [0.2, 0.25) is 0 Å². The Balaban J connectivity index is 1.64. The molecule has 100 valence electrons. The van der Waals surface area contributed by atoms with Crippen molar-refractivity contribution in [2.24, 2.45) is 0 Å². The van der Waals surface area contributed by atoms with Gasteiger partial charge in [-0.15, -0.1) is 11.3 Å². The highest BCUT2D eigenvalue weighted by atomic mass is 32.1. The van der Waals surface area contributed by atoms with Crippen LogP contribution in [0.25, 0.3) is 17.0 Å². The molecule has 2 aromatic heterocycles. The van der Waals surface area contributed by atoms with Crippen LogP contribution in [-0.4, -0.2) is 16.1 Å². The lowest BCUT2D eigenvalue weighted by Gasteiger charge is -2.03. The van der Waals surface area contributed by atoms with Crippen molar-refractivity contribution in [3.63, 3.8) is 0 Å². The van der Waals surface area contributed by atoms with Crippen LogP contribution < -0.4 is 5.32 Å². The van der Waals surface area contributed by atoms with E-state index in [1.807, 2.05) is 41.8 Å². The van der Waals surface area contributed by atoms with E-state index in [0.29, 0.717) is 6.54 Å². The molecule has 2 N–H and O–H groups in total. The summed E-state index contributed by atoms with van der Waals surface area (Å²) >= 11 is 1.60. The zero-order chi connectivity index (χ0) is 13.8. The number of para-hydroxylation sites is 1. The Morgan fingerprint density at radius 3 is 3.15 bits per heavy atom. The fourth-order valence-electron chi connectivity index (χ4n) is 1.96. The van der Waals surface area contributed by atoms with E-state index >= 15 is 0 Å². The number of aromatic amines is 1. The summed E-state index contributed by atoms with van der Waals surface area (Å²) in [6.07, 6.45) is 5.15. The van der Waals surface area contributed by atoms with Crippen molar-refractivity contribution >= 4 is 34.2 Å². The summed E-state index contributed by atoms with van der Waals surface area (Å²) in [5.41, 5.74) is 1.99. The molecule has 5 heteroatoms. The van der Waals surface area contributed by atoms with Gasteiger partial charge >= 0.3 is 0 Å². The van der Waals surface area contributed by atoms with Gasteiger partial charge in [0.05, 0.1) is 11.7 Å². The van der Waals surface area contributed by atoms with Crippen molar-refractivity contribution in [1.82, 2.24) is 15.5 Å². The molecule has 0 aliphatic rings. The van der Waals surface area contributed by atoms with Crippen LogP contribution in [0.1, 0.15) is 10.4 Å². The average molecular weight is 283 g/mol. The highest BCUT2D eigenvalue weighted by Gasteiger charge is 2.03. The average Bonchev–Trinajstić information content (AvgIpc) is 3.13. The van der Waals surface area contributed by atoms with E-state index in [1.54, 1.807) is 23.6 Å². The van der Waals surface area contributed by atoms with Gasteiger partial charge < -0.3 is 5.32 Å². The van der Waals surface area contributed by atoms with Gasteiger partial charge in [0.25, 0.3) is 0 Å². The van der Waals surface area contributed by atoms with Gasteiger partial charge in [-0.05, 0) is 23.1 Å². The number of carbonyl (C=O) groups is 1. The molecule has 2 heterocycles. The first-order chi connectivity index (χ1) is 9.83. The van der Waals surface area contributed by atoms with Gasteiger partial charge in [0, 0.05) is 22.9 Å². The minimum atomic E-state index is -0.102. The first-order valence-electron chi connectivity index (χ1n) is 6.23. The second kappa shape index (κ2) is 5.71. The molecule has 3 aromatic rings. The Morgan fingerprint density at radius 2 is 2.30 bits per heavy atom. The van der Waals surface area contributed by atoms with E-state index < -0.39 is 0 Å². The van der Waals surface area contributed by atoms with Crippen molar-refractivity contribution in [2.75, 3.05) is 0 Å². The number of rotatable bonds is 4. The van der Waals surface area contributed by atoms with Gasteiger partial charge in [-0.2, -0.15) is 5.10 Å². The molecule has 20 heavy (non-hydrogen) atoms. The largest absolute Gasteiger partial charge is 0.348 e. The fraction of sp³-hybridized carbons (Fsp3) is 0.0667. The Hall–Kier alpha value is -2.40. The van der Waals surface area contributed by atoms with Gasteiger partial charge in [-0.1, -0.05) is 24.3 Å². The number of nitrogens with one attached hydrogen (secondary N) is 2. The summed E-state index contributed by atoms with van der Waals surface area (Å²) in [5.74, 6) is -0.102. The van der Waals surface area contributed by atoms with Gasteiger partial charge in [0.2, 0.25) is 5.91 Å². The van der Waals surface area contributed by atoms with E-state index in [-0.39, 0.29) is 5.91 Å². The summed E-state index contributed by atoms with van der Waals surface area (Å²) < 4.78 is 0. The normalized spacial score (nSPS) is 11.2. The van der Waals surface area contributed by atoms with Crippen molar-refractivity contribution in [2.45, 2.75) is 6.54 Å². The molecular formula is C15H13N3OS. The predicted molar refractivity (Wildman–Crippen MR) is 81.3 cm³/mol. The summed E-state index contributed by atoms with van der Waals surface area (Å²) in [7, 11) is 0. The van der Waals surface area contributed by atoms with E-state index in [2.05, 4.69) is 15.5 Å². The maximum atomic E-state index is 11.8. The summed E-state index contributed by atoms with van der Waals surface area (Å²) in [6, 6.07) is 9.85. The monoisotopic (exact) mass is 283 g/mol. The zero-order valence-electron chi connectivity index (χ0n) is 10.7. The third-order valence-corrected chi connectivity index (χ3v) is 3.80. The number of H-pyrrole nitrogens is 1. The third kappa shape index (κ3) is 2.78. The molecular weight excluding hydrogens is 270 g/mol. The maximum absolute atomic E-state index is 11.8. The number of aromatic nitrogens is 2. The minimum absolute atomic E-state index is 0.102. The molecule has 3 rings (SSSR count). The van der Waals surface area contributed by atoms with Gasteiger partial charge in [0.1, 0.15) is 0 Å². The van der Waals surface area contributed by atoms with Crippen molar-refractivity contribution in [3.05, 3.63) is 58.4 Å². The SMILES string of the molecule is O=C(/C=C/c1cccs1)NCc1cccc2cn[nH]c12. The van der Waals surface area contributed by atoms with Crippen molar-refractivity contribution in [3.8, 4) is 0 Å². The van der Waals surface area contributed by atoms with E-state index in [0.717, 1.165) is 21.3 Å². The predicted octanol–water partition coefficient (Wildman–Crippen LogP) is 2.95. The molecule has 0 unspecified atom stereocenters. The lowest BCUT2D eigenvalue weighted by atomic mass is 10.1. The van der Waals surface area contributed by atoms with Crippen LogP contribution in [0.4, 0.5) is 0 Å². The number of hydrogen-bond acceptors (Lipinski definition) is 3. The summed E-state index contributed by atoms with van der Waals surface area (Å²) in [5, 5.41) is 12.9. The van der Waals surface area contributed by atoms with Gasteiger partial charge in [-0.3, -0.25) is 9.89 Å². The Labute approximate surface area is 120 Å². The number of hydrogen-bond donors (Lipinski definition) is 2. The van der Waals surface area contributed by atoms with Crippen LogP contribution in [0, 0.1) is 0 Å². The second-order valence-electron chi connectivity index (χ2n) is 4.32. The third-order valence-electron chi connectivity index (χ3n) is 2.96. The van der Waals surface area contributed by atoms with Crippen LogP contribution in [0.15, 0.2) is 48.0 Å². The number of carbonyl (C=O) groups excluding carboxylic acids is 1. The summed E-state index contributed by atoms with van der Waals surface area (Å²) in [6.45, 7) is 0.479. The molecule has 4 nitrogen and oxygen atoms in total. The molecule has 0 radical (unpaired) electrons. The van der Waals surface area contributed by atoms with Gasteiger partial charge in [0.15, 0.2) is 0 Å². The highest BCUT2D eigenvalue weighted by molar-refractivity contribution is 7.10. The lowest BCUT2D eigenvalue weighted by Crippen LogP contribution is -2.20. The minimum Gasteiger partial charge on any atom is -0.348 e. The van der Waals surface area contributed by atoms with Gasteiger partial charge in [-0.25, -0.2) is 0 Å². The molecule has 0 saturated carbocycles. The Bertz CT molecular complexity index is 743. The maximum Gasteiger partial charge on any atom is 0.244 e. The fourth-order valence-corrected chi connectivity index (χ4v) is 2.58. The lowest BCUT2D eigenvalue weighted by molar-refractivity contribution is -0.116. The molecule has 1 amide bonds. The topological polar surface area (TPSA) is 57.8 Å².